The third-order valence-electron chi connectivity index (χ3n) is 2.24. The van der Waals surface area contributed by atoms with E-state index in [1.807, 2.05) is 20.8 Å². The molecule has 0 radical (unpaired) electrons. The Hall–Kier alpha value is -1.36. The average Bonchev–Trinajstić information content (AvgIpc) is 2.59. The number of carbonyl (C=O) groups is 2. The van der Waals surface area contributed by atoms with Gasteiger partial charge in [-0.1, -0.05) is 20.8 Å². The number of anilines is 1. The van der Waals surface area contributed by atoms with Gasteiger partial charge < -0.3 is 11.1 Å². The number of amides is 2. The molecule has 0 spiro atoms. The van der Waals surface area contributed by atoms with E-state index in [4.69, 9.17) is 5.73 Å². The summed E-state index contributed by atoms with van der Waals surface area (Å²) >= 11 is 1.41. The summed E-state index contributed by atoms with van der Waals surface area (Å²) in [6.45, 7) is 5.94. The molecule has 1 aromatic heterocycles. The molecule has 0 saturated carbocycles. The van der Waals surface area contributed by atoms with E-state index in [1.54, 1.807) is 6.07 Å². The Morgan fingerprint density at radius 3 is 2.59 bits per heavy atom. The van der Waals surface area contributed by atoms with Crippen LogP contribution in [0.3, 0.4) is 0 Å². The number of carbonyl (C=O) groups excluding carboxylic acids is 2. The first-order chi connectivity index (χ1) is 7.93. The maximum absolute atomic E-state index is 11.6. The third-order valence-corrected chi connectivity index (χ3v) is 3.44. The number of nitrogens with two attached hydrogens (primary N) is 1. The lowest BCUT2D eigenvalue weighted by atomic mass is 10.1. The minimum atomic E-state index is -0.499. The van der Waals surface area contributed by atoms with Crippen LogP contribution in [0.2, 0.25) is 0 Å². The molecule has 0 unspecified atom stereocenters. The summed E-state index contributed by atoms with van der Waals surface area (Å²) in [5, 5.41) is 3.33. The van der Waals surface area contributed by atoms with Crippen LogP contribution in [-0.4, -0.2) is 11.8 Å². The highest BCUT2D eigenvalue weighted by Gasteiger charge is 2.15. The number of hydrogen-bond acceptors (Lipinski definition) is 3. The van der Waals surface area contributed by atoms with Gasteiger partial charge in [-0.05, 0) is 18.4 Å². The Balaban J connectivity index is 2.85. The Labute approximate surface area is 105 Å². The van der Waals surface area contributed by atoms with Crippen LogP contribution in [0.1, 0.15) is 42.4 Å². The van der Waals surface area contributed by atoms with Gasteiger partial charge in [-0.15, -0.1) is 11.3 Å². The topological polar surface area (TPSA) is 72.2 Å². The van der Waals surface area contributed by atoms with Gasteiger partial charge in [0, 0.05) is 11.3 Å². The van der Waals surface area contributed by atoms with Crippen LogP contribution in [0.5, 0.6) is 0 Å². The van der Waals surface area contributed by atoms with Crippen molar-refractivity contribution in [1.82, 2.24) is 0 Å². The first kappa shape index (κ1) is 13.7. The summed E-state index contributed by atoms with van der Waals surface area (Å²) in [4.78, 5) is 23.9. The molecule has 2 amide bonds. The van der Waals surface area contributed by atoms with Crippen LogP contribution < -0.4 is 11.1 Å². The highest BCUT2D eigenvalue weighted by Crippen LogP contribution is 2.28. The third kappa shape index (κ3) is 3.85. The maximum Gasteiger partial charge on any atom is 0.251 e. The van der Waals surface area contributed by atoms with E-state index in [0.29, 0.717) is 17.0 Å². The van der Waals surface area contributed by atoms with Crippen molar-refractivity contribution >= 4 is 28.2 Å². The van der Waals surface area contributed by atoms with Gasteiger partial charge in [-0.3, -0.25) is 9.59 Å². The zero-order valence-corrected chi connectivity index (χ0v) is 11.2. The fourth-order valence-corrected chi connectivity index (χ4v) is 2.46. The standard InChI is InChI=1S/C12H18N2O2S/c1-4-8-6-9(11(13)16)12(17-8)14-10(15)5-7(2)3/h6-7H,4-5H2,1-3H3,(H2,13,16)(H,14,15). The van der Waals surface area contributed by atoms with Crippen molar-refractivity contribution in [3.05, 3.63) is 16.5 Å². The molecule has 17 heavy (non-hydrogen) atoms. The van der Waals surface area contributed by atoms with E-state index >= 15 is 0 Å². The Morgan fingerprint density at radius 2 is 2.12 bits per heavy atom. The summed E-state index contributed by atoms with van der Waals surface area (Å²) in [7, 11) is 0. The molecule has 5 heteroatoms. The smallest absolute Gasteiger partial charge is 0.251 e. The second-order valence-electron chi connectivity index (χ2n) is 4.32. The minimum absolute atomic E-state index is 0.0768. The van der Waals surface area contributed by atoms with E-state index in [9.17, 15) is 9.59 Å². The predicted molar refractivity (Wildman–Crippen MR) is 70.3 cm³/mol. The van der Waals surface area contributed by atoms with Gasteiger partial charge in [-0.25, -0.2) is 0 Å². The Morgan fingerprint density at radius 1 is 1.47 bits per heavy atom. The first-order valence-corrected chi connectivity index (χ1v) is 6.48. The molecule has 0 atom stereocenters. The summed E-state index contributed by atoms with van der Waals surface area (Å²) in [6, 6.07) is 1.75. The molecule has 0 aromatic carbocycles. The Kier molecular flexibility index (Phi) is 4.69. The molecular formula is C12H18N2O2S. The average molecular weight is 254 g/mol. The van der Waals surface area contributed by atoms with Crippen molar-refractivity contribution in [2.24, 2.45) is 11.7 Å². The fraction of sp³-hybridized carbons (Fsp3) is 0.500. The van der Waals surface area contributed by atoms with Crippen LogP contribution in [-0.2, 0) is 11.2 Å². The highest BCUT2D eigenvalue weighted by molar-refractivity contribution is 7.16. The molecule has 0 aliphatic heterocycles. The van der Waals surface area contributed by atoms with Gasteiger partial charge in [0.25, 0.3) is 5.91 Å². The summed E-state index contributed by atoms with van der Waals surface area (Å²) in [5.41, 5.74) is 5.68. The zero-order valence-electron chi connectivity index (χ0n) is 10.4. The van der Waals surface area contributed by atoms with Crippen molar-refractivity contribution in [3.8, 4) is 0 Å². The maximum atomic E-state index is 11.6. The lowest BCUT2D eigenvalue weighted by molar-refractivity contribution is -0.116. The van der Waals surface area contributed by atoms with Crippen molar-refractivity contribution in [1.29, 1.82) is 0 Å². The van der Waals surface area contributed by atoms with Gasteiger partial charge in [0.1, 0.15) is 5.00 Å². The van der Waals surface area contributed by atoms with Crippen LogP contribution in [0.4, 0.5) is 5.00 Å². The number of nitrogens with one attached hydrogen (secondary N) is 1. The van der Waals surface area contributed by atoms with Gasteiger partial charge in [0.2, 0.25) is 5.91 Å². The molecule has 94 valence electrons. The fourth-order valence-electron chi connectivity index (χ4n) is 1.44. The highest BCUT2D eigenvalue weighted by atomic mass is 32.1. The molecule has 0 bridgehead atoms. The molecule has 0 aliphatic carbocycles. The van der Waals surface area contributed by atoms with E-state index in [0.717, 1.165) is 11.3 Å². The van der Waals surface area contributed by atoms with E-state index in [2.05, 4.69) is 5.32 Å². The monoisotopic (exact) mass is 254 g/mol. The molecule has 3 N–H and O–H groups in total. The molecule has 1 rings (SSSR count). The molecule has 0 fully saturated rings. The second kappa shape index (κ2) is 5.82. The van der Waals surface area contributed by atoms with Crippen LogP contribution in [0, 0.1) is 5.92 Å². The number of thiophene rings is 1. The van der Waals surface area contributed by atoms with E-state index in [1.165, 1.54) is 11.3 Å². The minimum Gasteiger partial charge on any atom is -0.366 e. The largest absolute Gasteiger partial charge is 0.366 e. The first-order valence-electron chi connectivity index (χ1n) is 5.66. The summed E-state index contributed by atoms with van der Waals surface area (Å²) in [6.07, 6.45) is 1.27. The lowest BCUT2D eigenvalue weighted by Crippen LogP contribution is -2.17. The van der Waals surface area contributed by atoms with Gasteiger partial charge in [-0.2, -0.15) is 0 Å². The van der Waals surface area contributed by atoms with Crippen LogP contribution >= 0.6 is 11.3 Å². The summed E-state index contributed by atoms with van der Waals surface area (Å²) < 4.78 is 0. The summed E-state index contributed by atoms with van der Waals surface area (Å²) in [5.74, 6) is -0.287. The number of aryl methyl sites for hydroxylation is 1. The Bertz CT molecular complexity index is 424. The molecule has 0 aliphatic rings. The van der Waals surface area contributed by atoms with Gasteiger partial charge in [0.15, 0.2) is 0 Å². The van der Waals surface area contributed by atoms with E-state index in [-0.39, 0.29) is 11.8 Å². The number of rotatable bonds is 5. The van der Waals surface area contributed by atoms with Crippen LogP contribution in [0.15, 0.2) is 6.07 Å². The lowest BCUT2D eigenvalue weighted by Gasteiger charge is -2.06. The SMILES string of the molecule is CCc1cc(C(N)=O)c(NC(=O)CC(C)C)s1. The van der Waals surface area contributed by atoms with Crippen LogP contribution in [0.25, 0.3) is 0 Å². The second-order valence-corrected chi connectivity index (χ2v) is 5.46. The normalized spacial score (nSPS) is 10.6. The molecule has 1 heterocycles. The van der Waals surface area contributed by atoms with E-state index < -0.39 is 5.91 Å². The molecule has 0 saturated heterocycles. The van der Waals surface area contributed by atoms with Gasteiger partial charge in [0.05, 0.1) is 5.56 Å². The van der Waals surface area contributed by atoms with Crippen molar-refractivity contribution in [2.45, 2.75) is 33.6 Å². The number of primary amides is 1. The number of hydrogen-bond donors (Lipinski definition) is 2. The molecular weight excluding hydrogens is 236 g/mol. The molecule has 1 aromatic rings. The van der Waals surface area contributed by atoms with Crippen molar-refractivity contribution in [2.75, 3.05) is 5.32 Å². The quantitative estimate of drug-likeness (QED) is 0.846. The molecule has 4 nitrogen and oxygen atoms in total. The van der Waals surface area contributed by atoms with Crippen molar-refractivity contribution < 1.29 is 9.59 Å². The predicted octanol–water partition coefficient (Wildman–Crippen LogP) is 2.39. The van der Waals surface area contributed by atoms with Crippen molar-refractivity contribution in [3.63, 3.8) is 0 Å². The van der Waals surface area contributed by atoms with Gasteiger partial charge >= 0.3 is 0 Å². The zero-order chi connectivity index (χ0) is 13.0.